The van der Waals surface area contributed by atoms with E-state index in [9.17, 15) is 4.79 Å². The Labute approximate surface area is 151 Å². The van der Waals surface area contributed by atoms with Crippen molar-refractivity contribution in [2.45, 2.75) is 18.8 Å². The summed E-state index contributed by atoms with van der Waals surface area (Å²) in [7, 11) is 0. The van der Waals surface area contributed by atoms with Gasteiger partial charge < -0.3 is 15.2 Å². The van der Waals surface area contributed by atoms with E-state index in [0.717, 1.165) is 31.6 Å². The Balaban J connectivity index is 1.39. The molecule has 0 saturated carbocycles. The molecule has 1 fully saturated rings. The Hall–Kier alpha value is -2.46. The van der Waals surface area contributed by atoms with Gasteiger partial charge in [-0.05, 0) is 54.7 Å². The van der Waals surface area contributed by atoms with Crippen molar-refractivity contribution in [3.8, 4) is 0 Å². The molecule has 0 spiro atoms. The molecule has 1 aliphatic rings. The Morgan fingerprint density at radius 3 is 2.56 bits per heavy atom. The van der Waals surface area contributed by atoms with Crippen molar-refractivity contribution in [3.63, 3.8) is 0 Å². The number of fused-ring (bicyclic) bond motifs is 1. The zero-order chi connectivity index (χ0) is 17.2. The quantitative estimate of drug-likeness (QED) is 0.650. The number of H-pyrrole nitrogens is 1. The van der Waals surface area contributed by atoms with Gasteiger partial charge in [0.25, 0.3) is 0 Å². The van der Waals surface area contributed by atoms with E-state index in [1.54, 1.807) is 12.1 Å². The fourth-order valence-electron chi connectivity index (χ4n) is 3.56. The second-order valence-corrected chi connectivity index (χ2v) is 6.92. The lowest BCUT2D eigenvalue weighted by Gasteiger charge is -2.32. The predicted molar refractivity (Wildman–Crippen MR) is 102 cm³/mol. The van der Waals surface area contributed by atoms with E-state index < -0.39 is 0 Å². The van der Waals surface area contributed by atoms with Crippen LogP contribution in [-0.4, -0.2) is 29.0 Å². The van der Waals surface area contributed by atoms with Crippen LogP contribution in [0.25, 0.3) is 10.9 Å². The fourth-order valence-corrected chi connectivity index (χ4v) is 3.69. The minimum absolute atomic E-state index is 0.0419. The summed E-state index contributed by atoms with van der Waals surface area (Å²) in [6.45, 7) is 1.53. The number of benzene rings is 2. The maximum absolute atomic E-state index is 12.4. The van der Waals surface area contributed by atoms with Crippen molar-refractivity contribution >= 4 is 34.2 Å². The number of para-hydroxylation sites is 1. The molecule has 1 aliphatic heterocycles. The van der Waals surface area contributed by atoms with Crippen LogP contribution in [0.2, 0.25) is 5.02 Å². The molecule has 4 nitrogen and oxygen atoms in total. The average Bonchev–Trinajstić information content (AvgIpc) is 3.08. The number of carbonyl (C=O) groups is 1. The third-order valence-corrected chi connectivity index (χ3v) is 5.19. The molecule has 128 valence electrons. The summed E-state index contributed by atoms with van der Waals surface area (Å²) >= 11 is 5.88. The molecule has 0 bridgehead atoms. The summed E-state index contributed by atoms with van der Waals surface area (Å²) in [5.74, 6) is 0.496. The highest BCUT2D eigenvalue weighted by Crippen LogP contribution is 2.33. The van der Waals surface area contributed by atoms with Crippen LogP contribution in [0.3, 0.4) is 0 Å². The smallest absolute Gasteiger partial charge is 0.321 e. The number of likely N-dealkylation sites (tertiary alicyclic amines) is 1. The molecule has 2 N–H and O–H groups in total. The van der Waals surface area contributed by atoms with E-state index in [0.29, 0.717) is 10.9 Å². The molecule has 0 radical (unpaired) electrons. The number of anilines is 1. The van der Waals surface area contributed by atoms with Crippen molar-refractivity contribution in [2.75, 3.05) is 18.4 Å². The van der Waals surface area contributed by atoms with Crippen LogP contribution in [0.4, 0.5) is 10.5 Å². The molecule has 1 saturated heterocycles. The third-order valence-electron chi connectivity index (χ3n) is 4.94. The number of nitrogens with one attached hydrogen (secondary N) is 2. The average molecular weight is 354 g/mol. The molecule has 2 heterocycles. The van der Waals surface area contributed by atoms with Crippen LogP contribution in [0.5, 0.6) is 0 Å². The van der Waals surface area contributed by atoms with Gasteiger partial charge in [0.15, 0.2) is 0 Å². The second-order valence-electron chi connectivity index (χ2n) is 6.49. The highest BCUT2D eigenvalue weighted by Gasteiger charge is 2.25. The van der Waals surface area contributed by atoms with Gasteiger partial charge in [0.1, 0.15) is 0 Å². The van der Waals surface area contributed by atoms with E-state index in [1.807, 2.05) is 23.1 Å². The van der Waals surface area contributed by atoms with Crippen molar-refractivity contribution in [1.82, 2.24) is 9.88 Å². The van der Waals surface area contributed by atoms with Crippen LogP contribution in [0, 0.1) is 0 Å². The van der Waals surface area contributed by atoms with Crippen LogP contribution >= 0.6 is 11.6 Å². The number of nitrogens with zero attached hydrogens (tertiary/aromatic N) is 1. The number of carbonyl (C=O) groups excluding carboxylic acids is 1. The minimum Gasteiger partial charge on any atom is -0.361 e. The topological polar surface area (TPSA) is 48.1 Å². The number of rotatable bonds is 2. The summed E-state index contributed by atoms with van der Waals surface area (Å²) in [5, 5.41) is 4.90. The molecular formula is C20H20ClN3O. The standard InChI is InChI=1S/C20H20ClN3O/c21-15-5-7-16(8-6-15)23-20(25)24-11-9-14(10-12-24)18-13-22-19-4-2-1-3-17(18)19/h1-8,13-14,22H,9-12H2,(H,23,25). The molecule has 5 heteroatoms. The first-order valence-electron chi connectivity index (χ1n) is 8.58. The van der Waals surface area contributed by atoms with Gasteiger partial charge in [-0.25, -0.2) is 4.79 Å². The number of hydrogen-bond acceptors (Lipinski definition) is 1. The van der Waals surface area contributed by atoms with Gasteiger partial charge in [-0.2, -0.15) is 0 Å². The SMILES string of the molecule is O=C(Nc1ccc(Cl)cc1)N1CCC(c2c[nH]c3ccccc23)CC1. The van der Waals surface area contributed by atoms with E-state index in [-0.39, 0.29) is 6.03 Å². The molecule has 0 atom stereocenters. The monoisotopic (exact) mass is 353 g/mol. The van der Waals surface area contributed by atoms with Crippen LogP contribution < -0.4 is 5.32 Å². The van der Waals surface area contributed by atoms with E-state index in [4.69, 9.17) is 11.6 Å². The van der Waals surface area contributed by atoms with Crippen LogP contribution in [-0.2, 0) is 0 Å². The lowest BCUT2D eigenvalue weighted by molar-refractivity contribution is 0.195. The highest BCUT2D eigenvalue weighted by atomic mass is 35.5. The normalized spacial score (nSPS) is 15.5. The van der Waals surface area contributed by atoms with Crippen molar-refractivity contribution in [1.29, 1.82) is 0 Å². The van der Waals surface area contributed by atoms with Gasteiger partial charge in [0.05, 0.1) is 0 Å². The first-order chi connectivity index (χ1) is 12.2. The second kappa shape index (κ2) is 6.81. The Bertz CT molecular complexity index is 879. The van der Waals surface area contributed by atoms with Crippen LogP contribution in [0.15, 0.2) is 54.7 Å². The number of hydrogen-bond donors (Lipinski definition) is 2. The third kappa shape index (κ3) is 3.35. The fraction of sp³-hybridized carbons (Fsp3) is 0.250. The Morgan fingerprint density at radius 2 is 1.80 bits per heavy atom. The first-order valence-corrected chi connectivity index (χ1v) is 8.96. The number of urea groups is 1. The highest BCUT2D eigenvalue weighted by molar-refractivity contribution is 6.30. The van der Waals surface area contributed by atoms with E-state index in [2.05, 4.69) is 34.7 Å². The van der Waals surface area contributed by atoms with Gasteiger partial charge >= 0.3 is 6.03 Å². The summed E-state index contributed by atoms with van der Waals surface area (Å²) in [6, 6.07) is 15.5. The number of amides is 2. The van der Waals surface area contributed by atoms with Gasteiger partial charge in [-0.3, -0.25) is 0 Å². The lowest BCUT2D eigenvalue weighted by Crippen LogP contribution is -2.40. The molecule has 1 aromatic heterocycles. The lowest BCUT2D eigenvalue weighted by atomic mass is 9.89. The van der Waals surface area contributed by atoms with Gasteiger partial charge in [0, 0.05) is 40.9 Å². The minimum atomic E-state index is -0.0419. The Morgan fingerprint density at radius 1 is 1.08 bits per heavy atom. The Kier molecular flexibility index (Phi) is 4.36. The predicted octanol–water partition coefficient (Wildman–Crippen LogP) is 5.23. The largest absolute Gasteiger partial charge is 0.361 e. The van der Waals surface area contributed by atoms with E-state index >= 15 is 0 Å². The molecule has 0 aliphatic carbocycles. The zero-order valence-corrected chi connectivity index (χ0v) is 14.6. The van der Waals surface area contributed by atoms with Gasteiger partial charge in [-0.15, -0.1) is 0 Å². The number of piperidine rings is 1. The number of aromatic nitrogens is 1. The molecule has 25 heavy (non-hydrogen) atoms. The van der Waals surface area contributed by atoms with Crippen molar-refractivity contribution in [2.24, 2.45) is 0 Å². The van der Waals surface area contributed by atoms with Crippen molar-refractivity contribution < 1.29 is 4.79 Å². The van der Waals surface area contributed by atoms with Gasteiger partial charge in [-0.1, -0.05) is 29.8 Å². The number of halogens is 1. The van der Waals surface area contributed by atoms with Gasteiger partial charge in [0.2, 0.25) is 0 Å². The maximum atomic E-state index is 12.4. The summed E-state index contributed by atoms with van der Waals surface area (Å²) in [4.78, 5) is 17.7. The summed E-state index contributed by atoms with van der Waals surface area (Å²) < 4.78 is 0. The van der Waals surface area contributed by atoms with Crippen LogP contribution in [0.1, 0.15) is 24.3 Å². The molecule has 3 aromatic rings. The molecule has 4 rings (SSSR count). The summed E-state index contributed by atoms with van der Waals surface area (Å²) in [6.07, 6.45) is 4.09. The zero-order valence-electron chi connectivity index (χ0n) is 13.8. The first kappa shape index (κ1) is 16.0. The molecule has 2 aromatic carbocycles. The van der Waals surface area contributed by atoms with Crippen molar-refractivity contribution in [3.05, 3.63) is 65.3 Å². The summed E-state index contributed by atoms with van der Waals surface area (Å²) in [5.41, 5.74) is 3.32. The number of aromatic amines is 1. The molecule has 0 unspecified atom stereocenters. The molecule has 2 amide bonds. The maximum Gasteiger partial charge on any atom is 0.321 e. The van der Waals surface area contributed by atoms with E-state index in [1.165, 1.54) is 16.5 Å². The molecular weight excluding hydrogens is 334 g/mol.